The number of amides is 1. The van der Waals surface area contributed by atoms with E-state index in [0.717, 1.165) is 24.3 Å². The van der Waals surface area contributed by atoms with Crippen molar-refractivity contribution in [1.82, 2.24) is 4.90 Å². The Labute approximate surface area is 119 Å². The Balaban J connectivity index is 2.12. The third-order valence-corrected chi connectivity index (χ3v) is 3.75. The minimum atomic E-state index is -0.339. The Morgan fingerprint density at radius 1 is 1.30 bits per heavy atom. The first-order chi connectivity index (χ1) is 9.56. The molecule has 1 heterocycles. The SMILES string of the molecule is CCC(=O)N1CCN(c2cc(OC)c(F)cc2C)CC1. The van der Waals surface area contributed by atoms with Gasteiger partial charge in [0.2, 0.25) is 5.91 Å². The van der Waals surface area contributed by atoms with Crippen LogP contribution in [0.15, 0.2) is 12.1 Å². The van der Waals surface area contributed by atoms with Gasteiger partial charge in [-0.05, 0) is 18.6 Å². The lowest BCUT2D eigenvalue weighted by atomic mass is 10.1. The van der Waals surface area contributed by atoms with E-state index in [1.807, 2.05) is 18.7 Å². The van der Waals surface area contributed by atoms with Crippen LogP contribution in [0, 0.1) is 12.7 Å². The van der Waals surface area contributed by atoms with Crippen molar-refractivity contribution in [2.24, 2.45) is 0 Å². The zero-order valence-electron chi connectivity index (χ0n) is 12.3. The smallest absolute Gasteiger partial charge is 0.222 e. The van der Waals surface area contributed by atoms with Crippen molar-refractivity contribution < 1.29 is 13.9 Å². The van der Waals surface area contributed by atoms with Gasteiger partial charge in [0.25, 0.3) is 0 Å². The number of rotatable bonds is 3. The Hall–Kier alpha value is -1.78. The molecule has 0 aliphatic carbocycles. The van der Waals surface area contributed by atoms with Gasteiger partial charge in [-0.3, -0.25) is 4.79 Å². The predicted molar refractivity (Wildman–Crippen MR) is 76.8 cm³/mol. The Morgan fingerprint density at radius 3 is 2.50 bits per heavy atom. The highest BCUT2D eigenvalue weighted by Crippen LogP contribution is 2.29. The van der Waals surface area contributed by atoms with Gasteiger partial charge in [0.1, 0.15) is 0 Å². The molecular formula is C15H21FN2O2. The Kier molecular flexibility index (Phi) is 4.47. The maximum atomic E-state index is 13.6. The number of carbonyl (C=O) groups excluding carboxylic acids is 1. The van der Waals surface area contributed by atoms with Crippen molar-refractivity contribution in [2.45, 2.75) is 20.3 Å². The second kappa shape index (κ2) is 6.11. The molecule has 0 bridgehead atoms. The largest absolute Gasteiger partial charge is 0.494 e. The molecule has 0 unspecified atom stereocenters. The second-order valence-electron chi connectivity index (χ2n) is 4.99. The molecule has 0 saturated carbocycles. The third-order valence-electron chi connectivity index (χ3n) is 3.75. The van der Waals surface area contributed by atoms with Crippen LogP contribution in [0.4, 0.5) is 10.1 Å². The number of halogens is 1. The van der Waals surface area contributed by atoms with Gasteiger partial charge in [-0.2, -0.15) is 0 Å². The summed E-state index contributed by atoms with van der Waals surface area (Å²) in [6.07, 6.45) is 0.545. The van der Waals surface area contributed by atoms with Crippen LogP contribution in [0.25, 0.3) is 0 Å². The van der Waals surface area contributed by atoms with E-state index in [1.165, 1.54) is 13.2 Å². The molecule has 2 rings (SSSR count). The van der Waals surface area contributed by atoms with Crippen molar-refractivity contribution in [1.29, 1.82) is 0 Å². The highest BCUT2D eigenvalue weighted by molar-refractivity contribution is 5.76. The first-order valence-electron chi connectivity index (χ1n) is 6.93. The molecule has 1 amide bonds. The van der Waals surface area contributed by atoms with Gasteiger partial charge < -0.3 is 14.5 Å². The summed E-state index contributed by atoms with van der Waals surface area (Å²) in [5.74, 6) is 0.115. The molecule has 1 aromatic rings. The number of aryl methyl sites for hydroxylation is 1. The molecule has 20 heavy (non-hydrogen) atoms. The van der Waals surface area contributed by atoms with Crippen LogP contribution in [0.3, 0.4) is 0 Å². The van der Waals surface area contributed by atoms with E-state index in [9.17, 15) is 9.18 Å². The molecule has 0 atom stereocenters. The minimum absolute atomic E-state index is 0.193. The number of nitrogens with zero attached hydrogens (tertiary/aromatic N) is 2. The molecule has 0 radical (unpaired) electrons. The lowest BCUT2D eigenvalue weighted by Gasteiger charge is -2.36. The van der Waals surface area contributed by atoms with Crippen LogP contribution in [0.1, 0.15) is 18.9 Å². The molecule has 1 fully saturated rings. The highest BCUT2D eigenvalue weighted by Gasteiger charge is 2.22. The number of carbonyl (C=O) groups is 1. The summed E-state index contributed by atoms with van der Waals surface area (Å²) in [6, 6.07) is 3.24. The first-order valence-corrected chi connectivity index (χ1v) is 6.93. The molecule has 0 aromatic heterocycles. The normalized spacial score (nSPS) is 15.4. The van der Waals surface area contributed by atoms with Crippen LogP contribution >= 0.6 is 0 Å². The number of anilines is 1. The van der Waals surface area contributed by atoms with Crippen molar-refractivity contribution in [3.8, 4) is 5.75 Å². The number of benzene rings is 1. The molecule has 110 valence electrons. The van der Waals surface area contributed by atoms with Gasteiger partial charge >= 0.3 is 0 Å². The molecule has 1 aromatic carbocycles. The first kappa shape index (κ1) is 14.6. The number of hydrogen-bond donors (Lipinski definition) is 0. The molecule has 0 spiro atoms. The van der Waals surface area contributed by atoms with E-state index in [0.29, 0.717) is 19.5 Å². The number of piperazine rings is 1. The standard InChI is InChI=1S/C15H21FN2O2/c1-4-15(19)18-7-5-17(6-8-18)13-10-14(20-3)12(16)9-11(13)2/h9-10H,4-8H2,1-3H3. The van der Waals surface area contributed by atoms with Gasteiger partial charge in [-0.1, -0.05) is 6.92 Å². The third kappa shape index (κ3) is 2.86. The van der Waals surface area contributed by atoms with Crippen molar-refractivity contribution >= 4 is 11.6 Å². The van der Waals surface area contributed by atoms with Crippen LogP contribution in [-0.2, 0) is 4.79 Å². The maximum Gasteiger partial charge on any atom is 0.222 e. The number of ether oxygens (including phenoxy) is 1. The van der Waals surface area contributed by atoms with E-state index < -0.39 is 0 Å². The lowest BCUT2D eigenvalue weighted by Crippen LogP contribution is -2.48. The van der Waals surface area contributed by atoms with Crippen molar-refractivity contribution in [2.75, 3.05) is 38.2 Å². The summed E-state index contributed by atoms with van der Waals surface area (Å²) >= 11 is 0. The summed E-state index contributed by atoms with van der Waals surface area (Å²) < 4.78 is 18.7. The Bertz CT molecular complexity index is 497. The Morgan fingerprint density at radius 2 is 1.95 bits per heavy atom. The molecule has 1 aliphatic rings. The summed E-state index contributed by atoms with van der Waals surface area (Å²) in [7, 11) is 1.47. The monoisotopic (exact) mass is 280 g/mol. The minimum Gasteiger partial charge on any atom is -0.494 e. The summed E-state index contributed by atoms with van der Waals surface area (Å²) in [5, 5.41) is 0. The predicted octanol–water partition coefficient (Wildman–Crippen LogP) is 2.20. The second-order valence-corrected chi connectivity index (χ2v) is 4.99. The van der Waals surface area contributed by atoms with E-state index in [2.05, 4.69) is 4.90 Å². The van der Waals surface area contributed by atoms with Crippen LogP contribution in [0.2, 0.25) is 0 Å². The van der Waals surface area contributed by atoms with Crippen LogP contribution < -0.4 is 9.64 Å². The van der Waals surface area contributed by atoms with Gasteiger partial charge in [-0.15, -0.1) is 0 Å². The van der Waals surface area contributed by atoms with Gasteiger partial charge in [0.05, 0.1) is 7.11 Å². The molecule has 5 heteroatoms. The van der Waals surface area contributed by atoms with E-state index in [1.54, 1.807) is 6.07 Å². The maximum absolute atomic E-state index is 13.6. The fourth-order valence-corrected chi connectivity index (χ4v) is 2.56. The number of hydrogen-bond acceptors (Lipinski definition) is 3. The van der Waals surface area contributed by atoms with E-state index >= 15 is 0 Å². The average Bonchev–Trinajstić information content (AvgIpc) is 2.47. The van der Waals surface area contributed by atoms with Crippen molar-refractivity contribution in [3.05, 3.63) is 23.5 Å². The zero-order chi connectivity index (χ0) is 14.7. The fraction of sp³-hybridized carbons (Fsp3) is 0.533. The van der Waals surface area contributed by atoms with Gasteiger partial charge in [0.15, 0.2) is 11.6 Å². The average molecular weight is 280 g/mol. The summed E-state index contributed by atoms with van der Waals surface area (Å²) in [6.45, 7) is 6.73. The van der Waals surface area contributed by atoms with Gasteiger partial charge in [-0.25, -0.2) is 4.39 Å². The summed E-state index contributed by atoms with van der Waals surface area (Å²) in [4.78, 5) is 15.7. The molecule has 0 N–H and O–H groups in total. The molecular weight excluding hydrogens is 259 g/mol. The lowest BCUT2D eigenvalue weighted by molar-refractivity contribution is -0.131. The fourth-order valence-electron chi connectivity index (χ4n) is 2.56. The van der Waals surface area contributed by atoms with Crippen molar-refractivity contribution in [3.63, 3.8) is 0 Å². The van der Waals surface area contributed by atoms with E-state index in [4.69, 9.17) is 4.74 Å². The summed E-state index contributed by atoms with van der Waals surface area (Å²) in [5.41, 5.74) is 1.87. The topological polar surface area (TPSA) is 32.8 Å². The van der Waals surface area contributed by atoms with E-state index in [-0.39, 0.29) is 17.5 Å². The zero-order valence-corrected chi connectivity index (χ0v) is 12.3. The molecule has 1 aliphatic heterocycles. The molecule has 1 saturated heterocycles. The van der Waals surface area contributed by atoms with Crippen LogP contribution in [0.5, 0.6) is 5.75 Å². The number of methoxy groups -OCH3 is 1. The molecule has 4 nitrogen and oxygen atoms in total. The highest BCUT2D eigenvalue weighted by atomic mass is 19.1. The van der Waals surface area contributed by atoms with Gasteiger partial charge in [0, 0.05) is 44.4 Å². The quantitative estimate of drug-likeness (QED) is 0.851. The van der Waals surface area contributed by atoms with Crippen LogP contribution in [-0.4, -0.2) is 44.1 Å².